The van der Waals surface area contributed by atoms with Gasteiger partial charge in [0.15, 0.2) is 0 Å². The van der Waals surface area contributed by atoms with Gasteiger partial charge in [0.05, 0.1) is 11.6 Å². The first-order chi connectivity index (χ1) is 10.5. The van der Waals surface area contributed by atoms with Gasteiger partial charge in [-0.2, -0.15) is 5.10 Å². The molecule has 1 aliphatic rings. The summed E-state index contributed by atoms with van der Waals surface area (Å²) in [6, 6.07) is 4.23. The highest BCUT2D eigenvalue weighted by atomic mass is 16.3. The minimum Gasteiger partial charge on any atom is -0.465 e. The lowest BCUT2D eigenvalue weighted by atomic mass is 9.90. The number of carbonyl (C=O) groups excluding carboxylic acids is 1. The lowest BCUT2D eigenvalue weighted by Crippen LogP contribution is -2.25. The lowest BCUT2D eigenvalue weighted by molar-refractivity contribution is -0.116. The standard InChI is InChI=1S/C17H23N3O2/c1-5-6-12-7-8-14(22-12)13-9-15(21)18-17-16(13)11(4)19-20(17)10(2)3/h7-8,10,13H,5-6,9H2,1-4H3,(H,18,21). The number of fused-ring (bicyclic) bond motifs is 1. The number of aromatic nitrogens is 2. The van der Waals surface area contributed by atoms with Gasteiger partial charge in [-0.3, -0.25) is 4.79 Å². The number of nitrogens with one attached hydrogen (secondary N) is 1. The first-order valence-corrected chi connectivity index (χ1v) is 7.98. The molecule has 2 aromatic heterocycles. The molecular weight excluding hydrogens is 278 g/mol. The van der Waals surface area contributed by atoms with Gasteiger partial charge in [-0.25, -0.2) is 4.68 Å². The number of hydrogen-bond acceptors (Lipinski definition) is 3. The van der Waals surface area contributed by atoms with Crippen LogP contribution in [0.2, 0.25) is 0 Å². The zero-order valence-corrected chi connectivity index (χ0v) is 13.6. The number of rotatable bonds is 4. The molecule has 2 aromatic rings. The average Bonchev–Trinajstić information content (AvgIpc) is 3.04. The molecule has 0 saturated carbocycles. The Bertz CT molecular complexity index is 697. The highest BCUT2D eigenvalue weighted by molar-refractivity contribution is 5.94. The van der Waals surface area contributed by atoms with Crippen molar-refractivity contribution in [3.63, 3.8) is 0 Å². The molecule has 0 spiro atoms. The fraction of sp³-hybridized carbons (Fsp3) is 0.529. The first-order valence-electron chi connectivity index (χ1n) is 7.98. The second-order valence-corrected chi connectivity index (χ2v) is 6.24. The van der Waals surface area contributed by atoms with Crippen molar-refractivity contribution >= 4 is 11.7 Å². The molecule has 0 aliphatic carbocycles. The predicted octanol–water partition coefficient (Wildman–Crippen LogP) is 3.79. The largest absolute Gasteiger partial charge is 0.465 e. The summed E-state index contributed by atoms with van der Waals surface area (Å²) in [7, 11) is 0. The minimum atomic E-state index is -0.0399. The molecule has 0 fully saturated rings. The Morgan fingerprint density at radius 3 is 2.91 bits per heavy atom. The van der Waals surface area contributed by atoms with Gasteiger partial charge < -0.3 is 9.73 Å². The van der Waals surface area contributed by atoms with Crippen molar-refractivity contribution in [2.24, 2.45) is 0 Å². The number of amides is 1. The van der Waals surface area contributed by atoms with E-state index in [9.17, 15) is 4.79 Å². The summed E-state index contributed by atoms with van der Waals surface area (Å²) in [5.74, 6) is 2.65. The molecule has 22 heavy (non-hydrogen) atoms. The molecule has 5 heteroatoms. The van der Waals surface area contributed by atoms with Crippen LogP contribution in [-0.2, 0) is 11.2 Å². The SMILES string of the molecule is CCCc1ccc(C2CC(=O)Nc3c2c(C)nn3C(C)C)o1. The van der Waals surface area contributed by atoms with E-state index in [-0.39, 0.29) is 17.9 Å². The van der Waals surface area contributed by atoms with Crippen molar-refractivity contribution in [3.05, 3.63) is 34.9 Å². The normalized spacial score (nSPS) is 17.7. The van der Waals surface area contributed by atoms with E-state index in [1.807, 2.05) is 23.7 Å². The number of hydrogen-bond donors (Lipinski definition) is 1. The molecule has 1 N–H and O–H groups in total. The van der Waals surface area contributed by atoms with Crippen LogP contribution >= 0.6 is 0 Å². The fourth-order valence-electron chi connectivity index (χ4n) is 3.15. The number of aryl methyl sites for hydroxylation is 2. The van der Waals surface area contributed by atoms with Gasteiger partial charge in [-0.05, 0) is 39.3 Å². The van der Waals surface area contributed by atoms with Crippen molar-refractivity contribution in [3.8, 4) is 0 Å². The maximum Gasteiger partial charge on any atom is 0.226 e. The van der Waals surface area contributed by atoms with Gasteiger partial charge in [0.25, 0.3) is 0 Å². The van der Waals surface area contributed by atoms with E-state index in [0.29, 0.717) is 6.42 Å². The molecular formula is C17H23N3O2. The lowest BCUT2D eigenvalue weighted by Gasteiger charge is -2.23. The third-order valence-corrected chi connectivity index (χ3v) is 4.14. The van der Waals surface area contributed by atoms with E-state index < -0.39 is 0 Å². The molecule has 3 heterocycles. The minimum absolute atomic E-state index is 0.0211. The van der Waals surface area contributed by atoms with Crippen LogP contribution in [0, 0.1) is 6.92 Å². The van der Waals surface area contributed by atoms with Crippen molar-refractivity contribution in [2.45, 2.75) is 58.9 Å². The molecule has 1 unspecified atom stereocenters. The molecule has 0 radical (unpaired) electrons. The fourth-order valence-corrected chi connectivity index (χ4v) is 3.15. The van der Waals surface area contributed by atoms with Crippen LogP contribution in [0.1, 0.15) is 68.4 Å². The van der Waals surface area contributed by atoms with Gasteiger partial charge >= 0.3 is 0 Å². The molecule has 0 aromatic carbocycles. The number of furan rings is 1. The van der Waals surface area contributed by atoms with E-state index in [1.54, 1.807) is 0 Å². The Morgan fingerprint density at radius 1 is 1.45 bits per heavy atom. The number of carbonyl (C=O) groups is 1. The maximum atomic E-state index is 12.1. The molecule has 1 amide bonds. The third kappa shape index (κ3) is 2.45. The van der Waals surface area contributed by atoms with Gasteiger partial charge in [0.2, 0.25) is 5.91 Å². The van der Waals surface area contributed by atoms with E-state index in [0.717, 1.165) is 41.4 Å². The average molecular weight is 301 g/mol. The van der Waals surface area contributed by atoms with Gasteiger partial charge in [0.1, 0.15) is 17.3 Å². The maximum absolute atomic E-state index is 12.1. The highest BCUT2D eigenvalue weighted by Gasteiger charge is 2.34. The van der Waals surface area contributed by atoms with Crippen molar-refractivity contribution in [1.29, 1.82) is 0 Å². The summed E-state index contributed by atoms with van der Waals surface area (Å²) in [6.45, 7) is 8.26. The summed E-state index contributed by atoms with van der Waals surface area (Å²) < 4.78 is 7.87. The van der Waals surface area contributed by atoms with Crippen molar-refractivity contribution < 1.29 is 9.21 Å². The monoisotopic (exact) mass is 301 g/mol. The van der Waals surface area contributed by atoms with Crippen LogP contribution in [0.15, 0.2) is 16.5 Å². The Kier molecular flexibility index (Phi) is 3.81. The van der Waals surface area contributed by atoms with Gasteiger partial charge in [0, 0.05) is 24.4 Å². The van der Waals surface area contributed by atoms with Crippen LogP contribution in [0.4, 0.5) is 5.82 Å². The molecule has 1 atom stereocenters. The van der Waals surface area contributed by atoms with E-state index in [4.69, 9.17) is 4.42 Å². The Balaban J connectivity index is 2.05. The Morgan fingerprint density at radius 2 is 2.23 bits per heavy atom. The van der Waals surface area contributed by atoms with Crippen LogP contribution in [0.25, 0.3) is 0 Å². The Labute approximate surface area is 130 Å². The summed E-state index contributed by atoms with van der Waals surface area (Å²) in [6.07, 6.45) is 2.39. The molecule has 0 bridgehead atoms. The highest BCUT2D eigenvalue weighted by Crippen LogP contribution is 2.40. The zero-order chi connectivity index (χ0) is 15.9. The number of anilines is 1. The second kappa shape index (κ2) is 5.63. The quantitative estimate of drug-likeness (QED) is 0.934. The summed E-state index contributed by atoms with van der Waals surface area (Å²) in [5.41, 5.74) is 2.05. The molecule has 1 aliphatic heterocycles. The zero-order valence-electron chi connectivity index (χ0n) is 13.6. The van der Waals surface area contributed by atoms with Crippen molar-refractivity contribution in [1.82, 2.24) is 9.78 Å². The summed E-state index contributed by atoms with van der Waals surface area (Å²) >= 11 is 0. The van der Waals surface area contributed by atoms with E-state index >= 15 is 0 Å². The van der Waals surface area contributed by atoms with Crippen molar-refractivity contribution in [2.75, 3.05) is 5.32 Å². The molecule has 0 saturated heterocycles. The van der Waals surface area contributed by atoms with E-state index in [2.05, 4.69) is 31.2 Å². The number of nitrogens with zero attached hydrogens (tertiary/aromatic N) is 2. The van der Waals surface area contributed by atoms with Crippen LogP contribution < -0.4 is 5.32 Å². The second-order valence-electron chi connectivity index (χ2n) is 6.24. The molecule has 3 rings (SSSR count). The van der Waals surface area contributed by atoms with Crippen LogP contribution in [0.3, 0.4) is 0 Å². The van der Waals surface area contributed by atoms with Gasteiger partial charge in [-0.1, -0.05) is 6.92 Å². The first kappa shape index (κ1) is 14.9. The van der Waals surface area contributed by atoms with E-state index in [1.165, 1.54) is 0 Å². The summed E-state index contributed by atoms with van der Waals surface area (Å²) in [4.78, 5) is 12.1. The Hall–Kier alpha value is -2.04. The molecule has 5 nitrogen and oxygen atoms in total. The van der Waals surface area contributed by atoms with Crippen LogP contribution in [0.5, 0.6) is 0 Å². The topological polar surface area (TPSA) is 60.1 Å². The third-order valence-electron chi connectivity index (χ3n) is 4.14. The predicted molar refractivity (Wildman–Crippen MR) is 85.1 cm³/mol. The molecule has 118 valence electrons. The smallest absolute Gasteiger partial charge is 0.226 e. The van der Waals surface area contributed by atoms with Crippen LogP contribution in [-0.4, -0.2) is 15.7 Å². The van der Waals surface area contributed by atoms with Gasteiger partial charge in [-0.15, -0.1) is 0 Å². The summed E-state index contributed by atoms with van der Waals surface area (Å²) in [5, 5.41) is 7.59.